The molecule has 3 rings (SSSR count). The van der Waals surface area contributed by atoms with Gasteiger partial charge in [-0.1, -0.05) is 30.3 Å². The second kappa shape index (κ2) is 9.09. The van der Waals surface area contributed by atoms with Gasteiger partial charge in [0.15, 0.2) is 11.5 Å². The summed E-state index contributed by atoms with van der Waals surface area (Å²) >= 11 is 0. The summed E-state index contributed by atoms with van der Waals surface area (Å²) in [6, 6.07) is 20.4. The lowest BCUT2D eigenvalue weighted by Crippen LogP contribution is -2.33. The van der Waals surface area contributed by atoms with Gasteiger partial charge in [0.1, 0.15) is 5.75 Å². The molecule has 3 aromatic carbocycles. The van der Waals surface area contributed by atoms with Crippen molar-refractivity contribution >= 4 is 15.7 Å². The first-order valence-corrected chi connectivity index (χ1v) is 10.8. The number of hydrogen-bond acceptors (Lipinski definition) is 5. The molecule has 6 nitrogen and oxygen atoms in total. The second-order valence-electron chi connectivity index (χ2n) is 6.60. The van der Waals surface area contributed by atoms with E-state index in [9.17, 15) is 8.42 Å². The Labute approximate surface area is 177 Å². The van der Waals surface area contributed by atoms with E-state index >= 15 is 0 Å². The van der Waals surface area contributed by atoms with Gasteiger partial charge in [-0.05, 0) is 48.9 Å². The first-order valence-electron chi connectivity index (χ1n) is 9.38. The molecule has 0 N–H and O–H groups in total. The minimum Gasteiger partial charge on any atom is -0.497 e. The predicted molar refractivity (Wildman–Crippen MR) is 117 cm³/mol. The highest BCUT2D eigenvalue weighted by Gasteiger charge is 2.31. The summed E-state index contributed by atoms with van der Waals surface area (Å²) in [7, 11) is 0.705. The SMILES string of the molecule is COc1ccc(S(=O)(=O)N(c2ccc(OC)c(OC)c2)[C@@H](C)c2ccccc2)cc1. The number of benzene rings is 3. The molecule has 0 bridgehead atoms. The number of methoxy groups -OCH3 is 3. The van der Waals surface area contributed by atoms with Gasteiger partial charge in [-0.15, -0.1) is 0 Å². The standard InChI is InChI=1S/C23H25NO5S/c1-17(18-8-6-5-7-9-18)24(19-10-15-22(28-3)23(16-19)29-4)30(25,26)21-13-11-20(27-2)12-14-21/h5-17H,1-4H3/t17-/m0/s1. The molecule has 0 aromatic heterocycles. The lowest BCUT2D eigenvalue weighted by molar-refractivity contribution is 0.355. The van der Waals surface area contributed by atoms with Gasteiger partial charge in [-0.2, -0.15) is 0 Å². The second-order valence-corrected chi connectivity index (χ2v) is 8.42. The van der Waals surface area contributed by atoms with Gasteiger partial charge in [-0.25, -0.2) is 8.42 Å². The van der Waals surface area contributed by atoms with E-state index in [1.165, 1.54) is 25.6 Å². The first kappa shape index (κ1) is 21.5. The zero-order valence-electron chi connectivity index (χ0n) is 17.4. The molecule has 0 unspecified atom stereocenters. The van der Waals surface area contributed by atoms with Crippen LogP contribution in [0.4, 0.5) is 5.69 Å². The van der Waals surface area contributed by atoms with Crippen LogP contribution in [0, 0.1) is 0 Å². The van der Waals surface area contributed by atoms with E-state index in [1.807, 2.05) is 37.3 Å². The third-order valence-corrected chi connectivity index (χ3v) is 6.78. The van der Waals surface area contributed by atoms with Crippen molar-refractivity contribution in [3.05, 3.63) is 78.4 Å². The van der Waals surface area contributed by atoms with Crippen molar-refractivity contribution < 1.29 is 22.6 Å². The van der Waals surface area contributed by atoms with Crippen LogP contribution in [0.2, 0.25) is 0 Å². The maximum atomic E-state index is 13.7. The van der Waals surface area contributed by atoms with Crippen LogP contribution in [0.3, 0.4) is 0 Å². The molecule has 0 aliphatic carbocycles. The Morgan fingerprint density at radius 1 is 0.767 bits per heavy atom. The molecule has 158 valence electrons. The van der Waals surface area contributed by atoms with E-state index in [2.05, 4.69) is 0 Å². The molecule has 0 saturated carbocycles. The van der Waals surface area contributed by atoms with E-state index in [0.717, 1.165) is 5.56 Å². The van der Waals surface area contributed by atoms with Crippen LogP contribution in [-0.4, -0.2) is 29.7 Å². The van der Waals surface area contributed by atoms with Crippen molar-refractivity contribution in [2.24, 2.45) is 0 Å². The fourth-order valence-corrected chi connectivity index (χ4v) is 4.90. The Morgan fingerprint density at radius 2 is 1.40 bits per heavy atom. The molecule has 0 heterocycles. The monoisotopic (exact) mass is 427 g/mol. The van der Waals surface area contributed by atoms with Crippen LogP contribution in [-0.2, 0) is 10.0 Å². The molecule has 0 amide bonds. The minimum atomic E-state index is -3.89. The normalized spacial score (nSPS) is 12.1. The van der Waals surface area contributed by atoms with E-state index in [4.69, 9.17) is 14.2 Å². The highest BCUT2D eigenvalue weighted by molar-refractivity contribution is 7.92. The highest BCUT2D eigenvalue weighted by Crippen LogP contribution is 2.38. The maximum Gasteiger partial charge on any atom is 0.264 e. The zero-order chi connectivity index (χ0) is 21.7. The van der Waals surface area contributed by atoms with Crippen molar-refractivity contribution in [1.29, 1.82) is 0 Å². The van der Waals surface area contributed by atoms with Gasteiger partial charge >= 0.3 is 0 Å². The topological polar surface area (TPSA) is 65.1 Å². The van der Waals surface area contributed by atoms with Gasteiger partial charge in [0.25, 0.3) is 10.0 Å². The predicted octanol–water partition coefficient (Wildman–Crippen LogP) is 4.67. The summed E-state index contributed by atoms with van der Waals surface area (Å²) in [6.07, 6.45) is 0. The van der Waals surface area contributed by atoms with Crippen molar-refractivity contribution in [2.75, 3.05) is 25.6 Å². The van der Waals surface area contributed by atoms with Crippen LogP contribution < -0.4 is 18.5 Å². The number of sulfonamides is 1. The summed E-state index contributed by atoms with van der Waals surface area (Å²) < 4.78 is 44.7. The van der Waals surface area contributed by atoms with Gasteiger partial charge in [-0.3, -0.25) is 4.31 Å². The van der Waals surface area contributed by atoms with E-state index < -0.39 is 16.1 Å². The third-order valence-electron chi connectivity index (χ3n) is 4.87. The summed E-state index contributed by atoms with van der Waals surface area (Å²) in [5, 5.41) is 0. The first-order chi connectivity index (χ1) is 14.4. The average Bonchev–Trinajstić information content (AvgIpc) is 2.79. The van der Waals surface area contributed by atoms with Crippen molar-refractivity contribution in [2.45, 2.75) is 17.9 Å². The molecule has 0 fully saturated rings. The molecule has 30 heavy (non-hydrogen) atoms. The Bertz CT molecular complexity index is 1080. The molecule has 7 heteroatoms. The summed E-state index contributed by atoms with van der Waals surface area (Å²) in [5.74, 6) is 1.56. The number of ether oxygens (including phenoxy) is 3. The summed E-state index contributed by atoms with van der Waals surface area (Å²) in [4.78, 5) is 0.167. The van der Waals surface area contributed by atoms with E-state index in [1.54, 1.807) is 42.5 Å². The number of anilines is 1. The van der Waals surface area contributed by atoms with Crippen molar-refractivity contribution in [3.63, 3.8) is 0 Å². The lowest BCUT2D eigenvalue weighted by atomic mass is 10.1. The zero-order valence-corrected chi connectivity index (χ0v) is 18.2. The number of nitrogens with zero attached hydrogens (tertiary/aromatic N) is 1. The van der Waals surface area contributed by atoms with E-state index in [0.29, 0.717) is 22.9 Å². The molecule has 0 saturated heterocycles. The van der Waals surface area contributed by atoms with Gasteiger partial charge < -0.3 is 14.2 Å². The van der Waals surface area contributed by atoms with Gasteiger partial charge in [0.05, 0.1) is 38.0 Å². The Hall–Kier alpha value is -3.19. The highest BCUT2D eigenvalue weighted by atomic mass is 32.2. The maximum absolute atomic E-state index is 13.7. The average molecular weight is 428 g/mol. The molecule has 0 aliphatic heterocycles. The van der Waals surface area contributed by atoms with Crippen LogP contribution in [0.25, 0.3) is 0 Å². The number of hydrogen-bond donors (Lipinski definition) is 0. The summed E-state index contributed by atoms with van der Waals surface area (Å²) in [5.41, 5.74) is 1.34. The van der Waals surface area contributed by atoms with Crippen molar-refractivity contribution in [3.8, 4) is 17.2 Å². The fourth-order valence-electron chi connectivity index (χ4n) is 3.26. The fraction of sp³-hybridized carbons (Fsp3) is 0.217. The minimum absolute atomic E-state index is 0.167. The lowest BCUT2D eigenvalue weighted by Gasteiger charge is -2.31. The molecular weight excluding hydrogens is 402 g/mol. The third kappa shape index (κ3) is 4.21. The van der Waals surface area contributed by atoms with Crippen molar-refractivity contribution in [1.82, 2.24) is 0 Å². The van der Waals surface area contributed by atoms with Crippen LogP contribution in [0.1, 0.15) is 18.5 Å². The Kier molecular flexibility index (Phi) is 6.52. The van der Waals surface area contributed by atoms with Crippen LogP contribution in [0.15, 0.2) is 77.7 Å². The smallest absolute Gasteiger partial charge is 0.264 e. The largest absolute Gasteiger partial charge is 0.497 e. The molecule has 0 aliphatic rings. The summed E-state index contributed by atoms with van der Waals surface area (Å²) in [6.45, 7) is 1.85. The molecule has 1 atom stereocenters. The molecule has 0 spiro atoms. The van der Waals surface area contributed by atoms with Crippen LogP contribution >= 0.6 is 0 Å². The van der Waals surface area contributed by atoms with Gasteiger partial charge in [0, 0.05) is 6.07 Å². The quantitative estimate of drug-likeness (QED) is 0.523. The number of rotatable bonds is 8. The molecule has 0 radical (unpaired) electrons. The van der Waals surface area contributed by atoms with Gasteiger partial charge in [0.2, 0.25) is 0 Å². The van der Waals surface area contributed by atoms with Crippen LogP contribution in [0.5, 0.6) is 17.2 Å². The molecular formula is C23H25NO5S. The van der Waals surface area contributed by atoms with E-state index in [-0.39, 0.29) is 4.90 Å². The Balaban J connectivity index is 2.16. The Morgan fingerprint density at radius 3 is 1.97 bits per heavy atom. The molecule has 3 aromatic rings.